The van der Waals surface area contributed by atoms with Gasteiger partial charge in [-0.1, -0.05) is 0 Å². The van der Waals surface area contributed by atoms with Crippen LogP contribution >= 0.6 is 33.9 Å². The van der Waals surface area contributed by atoms with Crippen LogP contribution in [-0.4, -0.2) is 17.4 Å². The Bertz CT molecular complexity index is 693. The summed E-state index contributed by atoms with van der Waals surface area (Å²) >= 11 is 3.81. The number of nitrogens with zero attached hydrogens (tertiary/aromatic N) is 1. The standard InChI is InChI=1S/C17H18FIN2OS/c18-11-7-8-12(13(19)10-11)17(22)20-9-3-6-16-21-14-4-1-2-5-15(14)23-16/h7-8,10H,1-6,9H2,(H,20,22). The van der Waals surface area contributed by atoms with Gasteiger partial charge < -0.3 is 5.32 Å². The van der Waals surface area contributed by atoms with E-state index in [0.717, 1.165) is 19.3 Å². The summed E-state index contributed by atoms with van der Waals surface area (Å²) in [7, 11) is 0. The number of nitrogens with one attached hydrogen (secondary N) is 1. The highest BCUT2D eigenvalue weighted by Crippen LogP contribution is 2.27. The van der Waals surface area contributed by atoms with Gasteiger partial charge in [0.15, 0.2) is 0 Å². The van der Waals surface area contributed by atoms with Crippen LogP contribution in [0.25, 0.3) is 0 Å². The molecule has 0 radical (unpaired) electrons. The molecule has 122 valence electrons. The average molecular weight is 444 g/mol. The third-order valence-corrected chi connectivity index (χ3v) is 6.03. The van der Waals surface area contributed by atoms with Gasteiger partial charge in [-0.05, 0) is 72.9 Å². The van der Waals surface area contributed by atoms with Gasteiger partial charge in [0.2, 0.25) is 0 Å². The first-order chi connectivity index (χ1) is 11.1. The third kappa shape index (κ3) is 4.29. The fraction of sp³-hybridized carbons (Fsp3) is 0.412. The molecule has 6 heteroatoms. The van der Waals surface area contributed by atoms with Crippen LogP contribution in [0.1, 0.15) is 45.2 Å². The maximum atomic E-state index is 13.1. The number of benzene rings is 1. The first kappa shape index (κ1) is 16.8. The minimum absolute atomic E-state index is 0.146. The Kier molecular flexibility index (Phi) is 5.63. The molecule has 1 heterocycles. The number of hydrogen-bond acceptors (Lipinski definition) is 3. The van der Waals surface area contributed by atoms with E-state index in [1.807, 2.05) is 33.9 Å². The highest BCUT2D eigenvalue weighted by atomic mass is 127. The number of halogens is 2. The number of carbonyl (C=O) groups excluding carboxylic acids is 1. The van der Waals surface area contributed by atoms with Crippen molar-refractivity contribution >= 4 is 39.8 Å². The predicted molar refractivity (Wildman–Crippen MR) is 98.5 cm³/mol. The summed E-state index contributed by atoms with van der Waals surface area (Å²) in [5, 5.41) is 4.08. The lowest BCUT2D eigenvalue weighted by Gasteiger charge is -2.06. The Balaban J connectivity index is 1.47. The molecule has 2 aromatic rings. The van der Waals surface area contributed by atoms with E-state index in [4.69, 9.17) is 4.98 Å². The lowest BCUT2D eigenvalue weighted by Crippen LogP contribution is -2.25. The van der Waals surface area contributed by atoms with E-state index in [9.17, 15) is 9.18 Å². The summed E-state index contributed by atoms with van der Waals surface area (Å²) in [5.41, 5.74) is 1.82. The van der Waals surface area contributed by atoms with Crippen LogP contribution in [0.5, 0.6) is 0 Å². The quantitative estimate of drug-likeness (QED) is 0.557. The summed E-state index contributed by atoms with van der Waals surface area (Å²) in [6.45, 7) is 0.608. The highest BCUT2D eigenvalue weighted by Gasteiger charge is 2.15. The van der Waals surface area contributed by atoms with Crippen molar-refractivity contribution in [2.75, 3.05) is 6.54 Å². The summed E-state index contributed by atoms with van der Waals surface area (Å²) in [6.07, 6.45) is 6.59. The van der Waals surface area contributed by atoms with Crippen molar-refractivity contribution in [3.8, 4) is 0 Å². The number of thiazole rings is 1. The maximum absolute atomic E-state index is 13.1. The van der Waals surface area contributed by atoms with E-state index in [0.29, 0.717) is 15.7 Å². The zero-order chi connectivity index (χ0) is 16.2. The molecule has 3 rings (SSSR count). The molecule has 23 heavy (non-hydrogen) atoms. The van der Waals surface area contributed by atoms with E-state index in [1.54, 1.807) is 0 Å². The van der Waals surface area contributed by atoms with Gasteiger partial charge in [0.25, 0.3) is 5.91 Å². The van der Waals surface area contributed by atoms with Crippen molar-refractivity contribution in [3.05, 3.63) is 48.7 Å². The number of hydrogen-bond donors (Lipinski definition) is 1. The van der Waals surface area contributed by atoms with Crippen molar-refractivity contribution in [2.24, 2.45) is 0 Å². The smallest absolute Gasteiger partial charge is 0.252 e. The molecule has 1 aliphatic rings. The number of fused-ring (bicyclic) bond motifs is 1. The Morgan fingerprint density at radius 1 is 1.35 bits per heavy atom. The van der Waals surface area contributed by atoms with Crippen molar-refractivity contribution in [3.63, 3.8) is 0 Å². The second kappa shape index (κ2) is 7.70. The van der Waals surface area contributed by atoms with Gasteiger partial charge in [0.1, 0.15) is 5.82 Å². The number of carbonyl (C=O) groups is 1. The van der Waals surface area contributed by atoms with Crippen LogP contribution in [0.15, 0.2) is 18.2 Å². The molecule has 0 unspecified atom stereocenters. The van der Waals surface area contributed by atoms with Crippen molar-refractivity contribution in [1.82, 2.24) is 10.3 Å². The summed E-state index contributed by atoms with van der Waals surface area (Å²) in [4.78, 5) is 18.3. The molecule has 0 fully saturated rings. The molecule has 0 aliphatic heterocycles. The topological polar surface area (TPSA) is 42.0 Å². The molecule has 1 amide bonds. The van der Waals surface area contributed by atoms with Crippen LogP contribution in [0.3, 0.4) is 0 Å². The van der Waals surface area contributed by atoms with E-state index in [-0.39, 0.29) is 11.7 Å². The zero-order valence-corrected chi connectivity index (χ0v) is 15.7. The molecule has 1 aliphatic carbocycles. The highest BCUT2D eigenvalue weighted by molar-refractivity contribution is 14.1. The van der Waals surface area contributed by atoms with E-state index < -0.39 is 0 Å². The molecule has 0 saturated heterocycles. The number of rotatable bonds is 5. The van der Waals surface area contributed by atoms with Gasteiger partial charge in [0, 0.05) is 21.4 Å². The fourth-order valence-corrected chi connectivity index (χ4v) is 4.64. The Morgan fingerprint density at radius 3 is 2.96 bits per heavy atom. The number of amides is 1. The Hall–Kier alpha value is -1.02. The van der Waals surface area contributed by atoms with Crippen LogP contribution in [0.4, 0.5) is 4.39 Å². The first-order valence-corrected chi connectivity index (χ1v) is 9.74. The van der Waals surface area contributed by atoms with E-state index >= 15 is 0 Å². The molecule has 0 bridgehead atoms. The summed E-state index contributed by atoms with van der Waals surface area (Å²) < 4.78 is 13.7. The monoisotopic (exact) mass is 444 g/mol. The minimum Gasteiger partial charge on any atom is -0.352 e. The van der Waals surface area contributed by atoms with Gasteiger partial charge >= 0.3 is 0 Å². The zero-order valence-electron chi connectivity index (χ0n) is 12.7. The summed E-state index contributed by atoms with van der Waals surface area (Å²) in [6, 6.07) is 4.22. The molecule has 1 N–H and O–H groups in total. The molecule has 0 atom stereocenters. The minimum atomic E-state index is -0.321. The van der Waals surface area contributed by atoms with E-state index in [2.05, 4.69) is 5.32 Å². The van der Waals surface area contributed by atoms with Gasteiger partial charge in [-0.3, -0.25) is 4.79 Å². The van der Waals surface area contributed by atoms with Crippen molar-refractivity contribution < 1.29 is 9.18 Å². The molecular formula is C17H18FIN2OS. The predicted octanol–water partition coefficient (Wildman–Crippen LogP) is 4.13. The van der Waals surface area contributed by atoms with Crippen LogP contribution in [-0.2, 0) is 19.3 Å². The van der Waals surface area contributed by atoms with Crippen molar-refractivity contribution in [1.29, 1.82) is 0 Å². The second-order valence-electron chi connectivity index (χ2n) is 5.67. The van der Waals surface area contributed by atoms with Crippen LogP contribution in [0.2, 0.25) is 0 Å². The number of aromatic nitrogens is 1. The Morgan fingerprint density at radius 2 is 2.17 bits per heavy atom. The third-order valence-electron chi connectivity index (χ3n) is 3.92. The van der Waals surface area contributed by atoms with Crippen molar-refractivity contribution in [2.45, 2.75) is 38.5 Å². The normalized spacial score (nSPS) is 13.7. The Labute approximate surface area is 152 Å². The van der Waals surface area contributed by atoms with Crippen LogP contribution < -0.4 is 5.32 Å². The number of aryl methyl sites for hydroxylation is 3. The average Bonchev–Trinajstić information content (AvgIpc) is 2.94. The summed E-state index contributed by atoms with van der Waals surface area (Å²) in [5.74, 6) is -0.466. The van der Waals surface area contributed by atoms with E-state index in [1.165, 1.54) is 53.0 Å². The van der Waals surface area contributed by atoms with Gasteiger partial charge in [-0.15, -0.1) is 11.3 Å². The second-order valence-corrected chi connectivity index (χ2v) is 8.00. The first-order valence-electron chi connectivity index (χ1n) is 7.84. The maximum Gasteiger partial charge on any atom is 0.252 e. The van der Waals surface area contributed by atoms with Gasteiger partial charge in [-0.25, -0.2) is 9.37 Å². The molecule has 3 nitrogen and oxygen atoms in total. The lowest BCUT2D eigenvalue weighted by atomic mass is 10.0. The van der Waals surface area contributed by atoms with Gasteiger partial charge in [0.05, 0.1) is 16.3 Å². The SMILES string of the molecule is O=C(NCCCc1nc2c(s1)CCCC2)c1ccc(F)cc1I. The molecular weight excluding hydrogens is 426 g/mol. The lowest BCUT2D eigenvalue weighted by molar-refractivity contribution is 0.0952. The molecule has 1 aromatic carbocycles. The van der Waals surface area contributed by atoms with Crippen LogP contribution in [0, 0.1) is 9.39 Å². The molecule has 0 saturated carbocycles. The van der Waals surface area contributed by atoms with Gasteiger partial charge in [-0.2, -0.15) is 0 Å². The molecule has 1 aromatic heterocycles. The molecule has 0 spiro atoms. The fourth-order valence-electron chi connectivity index (χ4n) is 2.72. The largest absolute Gasteiger partial charge is 0.352 e.